The Bertz CT molecular complexity index is 879. The SMILES string of the molecule is CN(C)c1ccnc(NC(=O)N2CCCC2c2nc(C(=O)NC3CC3)no2)n1. The highest BCUT2D eigenvalue weighted by Gasteiger charge is 2.35. The van der Waals surface area contributed by atoms with Gasteiger partial charge in [-0.1, -0.05) is 5.16 Å². The number of carbonyl (C=O) groups is 2. The third-order valence-electron chi connectivity index (χ3n) is 4.67. The van der Waals surface area contributed by atoms with E-state index in [1.54, 1.807) is 17.2 Å². The van der Waals surface area contributed by atoms with E-state index in [-0.39, 0.29) is 41.7 Å². The first-order valence-corrected chi connectivity index (χ1v) is 9.23. The molecule has 2 aromatic heterocycles. The summed E-state index contributed by atoms with van der Waals surface area (Å²) in [7, 11) is 3.72. The van der Waals surface area contributed by atoms with Gasteiger partial charge in [0.1, 0.15) is 11.9 Å². The monoisotopic (exact) mass is 386 g/mol. The van der Waals surface area contributed by atoms with Crippen LogP contribution in [0.2, 0.25) is 0 Å². The van der Waals surface area contributed by atoms with Crippen LogP contribution >= 0.6 is 0 Å². The molecule has 2 fully saturated rings. The van der Waals surface area contributed by atoms with Gasteiger partial charge in [0.05, 0.1) is 0 Å². The summed E-state index contributed by atoms with van der Waals surface area (Å²) in [6.45, 7) is 0.538. The number of hydrogen-bond acceptors (Lipinski definition) is 8. The lowest BCUT2D eigenvalue weighted by molar-refractivity contribution is 0.0937. The minimum atomic E-state index is -0.382. The quantitative estimate of drug-likeness (QED) is 0.784. The maximum atomic E-state index is 12.7. The van der Waals surface area contributed by atoms with Gasteiger partial charge in [-0.2, -0.15) is 9.97 Å². The molecule has 0 radical (unpaired) electrons. The number of rotatable bonds is 5. The van der Waals surface area contributed by atoms with Gasteiger partial charge in [-0.25, -0.2) is 9.78 Å². The number of likely N-dealkylation sites (tertiary alicyclic amines) is 1. The fourth-order valence-electron chi connectivity index (χ4n) is 3.03. The standard InChI is InChI=1S/C17H22N8O3/c1-24(2)12-7-8-18-16(20-12)22-17(27)25-9-3-4-11(25)15-21-13(23-28-15)14(26)19-10-5-6-10/h7-8,10-11H,3-6,9H2,1-2H3,(H,19,26)(H,18,20,22,27). The molecule has 1 aliphatic carbocycles. The van der Waals surface area contributed by atoms with Gasteiger partial charge in [0.2, 0.25) is 11.8 Å². The number of hydrogen-bond donors (Lipinski definition) is 2. The zero-order valence-electron chi connectivity index (χ0n) is 15.8. The summed E-state index contributed by atoms with van der Waals surface area (Å²) in [4.78, 5) is 40.8. The second kappa shape index (κ2) is 7.41. The second-order valence-corrected chi connectivity index (χ2v) is 7.12. The van der Waals surface area contributed by atoms with Crippen LogP contribution in [-0.4, -0.2) is 63.6 Å². The molecule has 1 aliphatic heterocycles. The lowest BCUT2D eigenvalue weighted by Crippen LogP contribution is -2.35. The van der Waals surface area contributed by atoms with E-state index in [0.717, 1.165) is 19.3 Å². The van der Waals surface area contributed by atoms with Crippen LogP contribution in [0.25, 0.3) is 0 Å². The molecule has 3 heterocycles. The highest BCUT2D eigenvalue weighted by Crippen LogP contribution is 2.31. The van der Waals surface area contributed by atoms with Crippen molar-refractivity contribution in [3.63, 3.8) is 0 Å². The smallest absolute Gasteiger partial charge is 0.324 e. The summed E-state index contributed by atoms with van der Waals surface area (Å²) >= 11 is 0. The number of urea groups is 1. The Morgan fingerprint density at radius 3 is 2.82 bits per heavy atom. The number of anilines is 2. The maximum Gasteiger partial charge on any atom is 0.324 e. The summed E-state index contributed by atoms with van der Waals surface area (Å²) in [6.07, 6.45) is 5.01. The highest BCUT2D eigenvalue weighted by molar-refractivity contribution is 5.90. The summed E-state index contributed by atoms with van der Waals surface area (Å²) in [6, 6.07) is 1.23. The van der Waals surface area contributed by atoms with Crippen LogP contribution in [0.4, 0.5) is 16.6 Å². The lowest BCUT2D eigenvalue weighted by atomic mass is 10.2. The fourth-order valence-corrected chi connectivity index (χ4v) is 3.03. The molecule has 2 aromatic rings. The predicted molar refractivity (Wildman–Crippen MR) is 98.8 cm³/mol. The van der Waals surface area contributed by atoms with Crippen molar-refractivity contribution in [1.82, 2.24) is 30.3 Å². The zero-order chi connectivity index (χ0) is 19.7. The van der Waals surface area contributed by atoms with E-state index in [9.17, 15) is 9.59 Å². The molecule has 28 heavy (non-hydrogen) atoms. The minimum absolute atomic E-state index is 0.00354. The van der Waals surface area contributed by atoms with Crippen molar-refractivity contribution >= 4 is 23.7 Å². The minimum Gasteiger partial charge on any atom is -0.363 e. The first-order valence-electron chi connectivity index (χ1n) is 9.23. The molecule has 0 spiro atoms. The predicted octanol–water partition coefficient (Wildman–Crippen LogP) is 1.19. The third kappa shape index (κ3) is 3.87. The topological polar surface area (TPSA) is 129 Å². The fraction of sp³-hybridized carbons (Fsp3) is 0.529. The van der Waals surface area contributed by atoms with Crippen molar-refractivity contribution in [2.45, 2.75) is 37.8 Å². The first kappa shape index (κ1) is 18.1. The van der Waals surface area contributed by atoms with E-state index < -0.39 is 0 Å². The number of aromatic nitrogens is 4. The first-order chi connectivity index (χ1) is 13.5. The van der Waals surface area contributed by atoms with Gasteiger partial charge in [0, 0.05) is 32.9 Å². The Hall–Kier alpha value is -3.24. The van der Waals surface area contributed by atoms with Crippen molar-refractivity contribution in [3.8, 4) is 0 Å². The molecule has 11 nitrogen and oxygen atoms in total. The largest absolute Gasteiger partial charge is 0.363 e. The third-order valence-corrected chi connectivity index (χ3v) is 4.67. The van der Waals surface area contributed by atoms with Gasteiger partial charge in [0.15, 0.2) is 0 Å². The molecule has 148 valence electrons. The Morgan fingerprint density at radius 1 is 1.25 bits per heavy atom. The van der Waals surface area contributed by atoms with Crippen LogP contribution in [0, 0.1) is 0 Å². The molecule has 2 N–H and O–H groups in total. The van der Waals surface area contributed by atoms with Crippen LogP contribution in [-0.2, 0) is 0 Å². The summed E-state index contributed by atoms with van der Waals surface area (Å²) in [5.41, 5.74) is 0. The van der Waals surface area contributed by atoms with Crippen LogP contribution < -0.4 is 15.5 Å². The summed E-state index contributed by atoms with van der Waals surface area (Å²) in [5, 5.41) is 9.29. The van der Waals surface area contributed by atoms with Crippen LogP contribution in [0.15, 0.2) is 16.8 Å². The van der Waals surface area contributed by atoms with Gasteiger partial charge >= 0.3 is 6.03 Å². The number of amides is 3. The van der Waals surface area contributed by atoms with Gasteiger partial charge in [-0.3, -0.25) is 10.1 Å². The molecule has 0 bridgehead atoms. The molecule has 3 amide bonds. The zero-order valence-corrected chi connectivity index (χ0v) is 15.8. The van der Waals surface area contributed by atoms with Gasteiger partial charge < -0.3 is 19.6 Å². The summed E-state index contributed by atoms with van der Waals surface area (Å²) in [5.74, 6) is 0.816. The van der Waals surface area contributed by atoms with Crippen LogP contribution in [0.1, 0.15) is 48.2 Å². The molecular formula is C17H22N8O3. The molecule has 0 aromatic carbocycles. The molecule has 1 saturated heterocycles. The molecule has 1 atom stereocenters. The van der Waals surface area contributed by atoms with E-state index in [1.165, 1.54) is 0 Å². The Kier molecular flexibility index (Phi) is 4.80. The van der Waals surface area contributed by atoms with E-state index in [0.29, 0.717) is 18.8 Å². The Morgan fingerprint density at radius 2 is 2.07 bits per heavy atom. The number of carbonyl (C=O) groups excluding carboxylic acids is 2. The molecule has 4 rings (SSSR count). The van der Waals surface area contributed by atoms with Crippen LogP contribution in [0.5, 0.6) is 0 Å². The molecule has 1 unspecified atom stereocenters. The average Bonchev–Trinajstić information content (AvgIpc) is 3.16. The number of nitrogens with one attached hydrogen (secondary N) is 2. The van der Waals surface area contributed by atoms with E-state index >= 15 is 0 Å². The van der Waals surface area contributed by atoms with Gasteiger partial charge in [-0.15, -0.1) is 0 Å². The van der Waals surface area contributed by atoms with Gasteiger partial charge in [-0.05, 0) is 31.7 Å². The van der Waals surface area contributed by atoms with Gasteiger partial charge in [0.25, 0.3) is 11.7 Å². The van der Waals surface area contributed by atoms with Crippen molar-refractivity contribution < 1.29 is 14.1 Å². The highest BCUT2D eigenvalue weighted by atomic mass is 16.5. The van der Waals surface area contributed by atoms with Crippen LogP contribution in [0.3, 0.4) is 0 Å². The van der Waals surface area contributed by atoms with Crippen molar-refractivity contribution in [2.24, 2.45) is 0 Å². The maximum absolute atomic E-state index is 12.7. The summed E-state index contributed by atoms with van der Waals surface area (Å²) < 4.78 is 5.27. The molecular weight excluding hydrogens is 364 g/mol. The average molecular weight is 386 g/mol. The van der Waals surface area contributed by atoms with Crippen molar-refractivity contribution in [3.05, 3.63) is 24.0 Å². The van der Waals surface area contributed by atoms with Crippen molar-refractivity contribution in [2.75, 3.05) is 30.9 Å². The van der Waals surface area contributed by atoms with E-state index in [1.807, 2.05) is 19.0 Å². The molecule has 2 aliphatic rings. The Balaban J connectivity index is 1.44. The lowest BCUT2D eigenvalue weighted by Gasteiger charge is -2.22. The Labute approximate surface area is 161 Å². The molecule has 1 saturated carbocycles. The van der Waals surface area contributed by atoms with E-state index in [4.69, 9.17) is 4.52 Å². The number of nitrogens with zero attached hydrogens (tertiary/aromatic N) is 6. The van der Waals surface area contributed by atoms with E-state index in [2.05, 4.69) is 30.7 Å². The second-order valence-electron chi connectivity index (χ2n) is 7.12. The normalized spacial score (nSPS) is 18.8. The molecule has 11 heteroatoms. The van der Waals surface area contributed by atoms with Crippen molar-refractivity contribution in [1.29, 1.82) is 0 Å².